The molecule has 0 saturated carbocycles. The molecule has 22 heavy (non-hydrogen) atoms. The number of esters is 1. The largest absolute Gasteiger partial charge is 0.462 e. The van der Waals surface area contributed by atoms with Crippen LogP contribution in [0.15, 0.2) is 30.3 Å². The van der Waals surface area contributed by atoms with Gasteiger partial charge in [-0.25, -0.2) is 9.18 Å². The molecule has 0 aliphatic rings. The van der Waals surface area contributed by atoms with Crippen LogP contribution >= 0.6 is 11.6 Å². The molecule has 0 aliphatic heterocycles. The van der Waals surface area contributed by atoms with Gasteiger partial charge in [-0.15, -0.1) is 0 Å². The van der Waals surface area contributed by atoms with Gasteiger partial charge in [0, 0.05) is 0 Å². The summed E-state index contributed by atoms with van der Waals surface area (Å²) >= 11 is 5.84. The van der Waals surface area contributed by atoms with E-state index in [9.17, 15) is 9.18 Å². The molecule has 1 heterocycles. The second-order valence-electron chi connectivity index (χ2n) is 4.07. The van der Waals surface area contributed by atoms with E-state index in [2.05, 4.69) is 4.98 Å². The maximum atomic E-state index is 14.0. The molecule has 0 aliphatic carbocycles. The predicted molar refractivity (Wildman–Crippen MR) is 76.4 cm³/mol. The van der Waals surface area contributed by atoms with Crippen molar-refractivity contribution in [1.29, 1.82) is 5.26 Å². The SMILES string of the molecule is CCOC(=O)c1cc(F)c(Oc2ccc(C#N)cc2)nc1Cl. The van der Waals surface area contributed by atoms with Crippen molar-refractivity contribution in [3.8, 4) is 17.7 Å². The first kappa shape index (κ1) is 15.7. The van der Waals surface area contributed by atoms with Crippen LogP contribution in [0.2, 0.25) is 5.15 Å². The third-order valence-corrected chi connectivity index (χ3v) is 2.88. The maximum absolute atomic E-state index is 14.0. The van der Waals surface area contributed by atoms with Crippen LogP contribution in [0, 0.1) is 17.1 Å². The second kappa shape index (κ2) is 6.87. The fraction of sp³-hybridized carbons (Fsp3) is 0.133. The lowest BCUT2D eigenvalue weighted by Crippen LogP contribution is -2.07. The zero-order valence-corrected chi connectivity index (χ0v) is 12.2. The van der Waals surface area contributed by atoms with Gasteiger partial charge in [-0.05, 0) is 37.3 Å². The summed E-state index contributed by atoms with van der Waals surface area (Å²) in [6.45, 7) is 1.76. The molecule has 112 valence electrons. The highest BCUT2D eigenvalue weighted by molar-refractivity contribution is 6.32. The standard InChI is InChI=1S/C15H10ClFN2O3/c1-2-21-15(20)11-7-12(17)14(19-13(11)16)22-10-5-3-9(8-18)4-6-10/h3-7H,2H2,1H3. The molecule has 0 spiro atoms. The molecule has 7 heteroatoms. The van der Waals surface area contributed by atoms with Crippen molar-refractivity contribution >= 4 is 17.6 Å². The van der Waals surface area contributed by atoms with Gasteiger partial charge in [0.1, 0.15) is 16.5 Å². The summed E-state index contributed by atoms with van der Waals surface area (Å²) in [7, 11) is 0. The Kier molecular flexibility index (Phi) is 4.92. The monoisotopic (exact) mass is 320 g/mol. The Morgan fingerprint density at radius 1 is 1.41 bits per heavy atom. The maximum Gasteiger partial charge on any atom is 0.341 e. The Morgan fingerprint density at radius 3 is 2.68 bits per heavy atom. The number of carbonyl (C=O) groups excluding carboxylic acids is 1. The fourth-order valence-corrected chi connectivity index (χ4v) is 1.79. The minimum Gasteiger partial charge on any atom is -0.462 e. The Bertz CT molecular complexity index is 742. The smallest absolute Gasteiger partial charge is 0.341 e. The van der Waals surface area contributed by atoms with Crippen molar-refractivity contribution in [2.45, 2.75) is 6.92 Å². The first-order chi connectivity index (χ1) is 10.5. The van der Waals surface area contributed by atoms with Crippen LogP contribution in [0.5, 0.6) is 11.6 Å². The van der Waals surface area contributed by atoms with Gasteiger partial charge < -0.3 is 9.47 Å². The van der Waals surface area contributed by atoms with Gasteiger partial charge in [0.15, 0.2) is 5.82 Å². The lowest BCUT2D eigenvalue weighted by atomic mass is 10.2. The third-order valence-electron chi connectivity index (χ3n) is 2.59. The number of nitrogens with zero attached hydrogens (tertiary/aromatic N) is 2. The van der Waals surface area contributed by atoms with E-state index in [-0.39, 0.29) is 29.0 Å². The minimum atomic E-state index is -0.850. The second-order valence-corrected chi connectivity index (χ2v) is 4.43. The number of benzene rings is 1. The zero-order valence-electron chi connectivity index (χ0n) is 11.5. The number of hydrogen-bond acceptors (Lipinski definition) is 5. The Morgan fingerprint density at radius 2 is 2.09 bits per heavy atom. The van der Waals surface area contributed by atoms with Crippen molar-refractivity contribution in [2.24, 2.45) is 0 Å². The Hall–Kier alpha value is -2.65. The van der Waals surface area contributed by atoms with Crippen LogP contribution < -0.4 is 4.74 Å². The van der Waals surface area contributed by atoms with Crippen LogP contribution in [0.3, 0.4) is 0 Å². The van der Waals surface area contributed by atoms with Crippen molar-refractivity contribution in [2.75, 3.05) is 6.61 Å². The van der Waals surface area contributed by atoms with Crippen LogP contribution in [0.1, 0.15) is 22.8 Å². The molecular formula is C15H10ClFN2O3. The third kappa shape index (κ3) is 3.51. The molecule has 0 unspecified atom stereocenters. The average molecular weight is 321 g/mol. The van der Waals surface area contributed by atoms with E-state index >= 15 is 0 Å². The molecule has 0 bridgehead atoms. The summed E-state index contributed by atoms with van der Waals surface area (Å²) in [6.07, 6.45) is 0. The Labute approximate surface area is 130 Å². The molecule has 2 rings (SSSR count). The van der Waals surface area contributed by atoms with E-state index in [1.165, 1.54) is 24.3 Å². The molecule has 2 aromatic rings. The van der Waals surface area contributed by atoms with E-state index in [4.69, 9.17) is 26.3 Å². The highest BCUT2D eigenvalue weighted by Crippen LogP contribution is 2.27. The summed E-state index contributed by atoms with van der Waals surface area (Å²) in [5.41, 5.74) is 0.268. The molecule has 0 atom stereocenters. The number of pyridine rings is 1. The van der Waals surface area contributed by atoms with Gasteiger partial charge in [0.25, 0.3) is 5.88 Å². The number of nitriles is 1. The first-order valence-electron chi connectivity index (χ1n) is 6.26. The number of rotatable bonds is 4. The van der Waals surface area contributed by atoms with Crippen LogP contribution in [-0.2, 0) is 4.74 Å². The summed E-state index contributed by atoms with van der Waals surface area (Å²) in [4.78, 5) is 15.3. The minimum absolute atomic E-state index is 0.139. The number of carbonyl (C=O) groups is 1. The molecule has 0 N–H and O–H groups in total. The molecule has 0 radical (unpaired) electrons. The predicted octanol–water partition coefficient (Wildman–Crippen LogP) is 3.71. The first-order valence-corrected chi connectivity index (χ1v) is 6.64. The fourth-order valence-electron chi connectivity index (χ4n) is 1.58. The van der Waals surface area contributed by atoms with Crippen molar-refractivity contribution in [1.82, 2.24) is 4.98 Å². The number of ether oxygens (including phenoxy) is 2. The van der Waals surface area contributed by atoms with E-state index < -0.39 is 11.8 Å². The van der Waals surface area contributed by atoms with E-state index in [0.717, 1.165) is 6.07 Å². The summed E-state index contributed by atoms with van der Waals surface area (Å²) < 4.78 is 24.0. The highest BCUT2D eigenvalue weighted by atomic mass is 35.5. The summed E-state index contributed by atoms with van der Waals surface area (Å²) in [5.74, 6) is -1.70. The number of aromatic nitrogens is 1. The highest BCUT2D eigenvalue weighted by Gasteiger charge is 2.18. The molecule has 0 fully saturated rings. The van der Waals surface area contributed by atoms with Crippen LogP contribution in [0.4, 0.5) is 4.39 Å². The lowest BCUT2D eigenvalue weighted by Gasteiger charge is -2.08. The van der Waals surface area contributed by atoms with Gasteiger partial charge in [0.05, 0.1) is 18.2 Å². The molecule has 0 saturated heterocycles. The molecule has 5 nitrogen and oxygen atoms in total. The van der Waals surface area contributed by atoms with E-state index in [1.807, 2.05) is 6.07 Å². The van der Waals surface area contributed by atoms with Crippen molar-refractivity contribution < 1.29 is 18.7 Å². The van der Waals surface area contributed by atoms with Gasteiger partial charge >= 0.3 is 5.97 Å². The van der Waals surface area contributed by atoms with Gasteiger partial charge in [0.2, 0.25) is 0 Å². The van der Waals surface area contributed by atoms with E-state index in [0.29, 0.717) is 5.56 Å². The van der Waals surface area contributed by atoms with Crippen molar-refractivity contribution in [3.05, 3.63) is 52.4 Å². The van der Waals surface area contributed by atoms with Gasteiger partial charge in [-0.1, -0.05) is 11.6 Å². The number of hydrogen-bond donors (Lipinski definition) is 0. The molecular weight excluding hydrogens is 311 g/mol. The quantitative estimate of drug-likeness (QED) is 0.634. The van der Waals surface area contributed by atoms with Crippen LogP contribution in [-0.4, -0.2) is 17.6 Å². The molecule has 0 amide bonds. The Balaban J connectivity index is 2.27. The van der Waals surface area contributed by atoms with E-state index in [1.54, 1.807) is 6.92 Å². The van der Waals surface area contributed by atoms with Crippen molar-refractivity contribution in [3.63, 3.8) is 0 Å². The lowest BCUT2D eigenvalue weighted by molar-refractivity contribution is 0.0525. The topological polar surface area (TPSA) is 72.2 Å². The number of halogens is 2. The molecule has 1 aromatic carbocycles. The molecule has 1 aromatic heterocycles. The average Bonchev–Trinajstić information content (AvgIpc) is 2.51. The van der Waals surface area contributed by atoms with Crippen LogP contribution in [0.25, 0.3) is 0 Å². The normalized spacial score (nSPS) is 9.91. The van der Waals surface area contributed by atoms with Gasteiger partial charge in [-0.2, -0.15) is 10.2 Å². The van der Waals surface area contributed by atoms with Gasteiger partial charge in [-0.3, -0.25) is 0 Å². The summed E-state index contributed by atoms with van der Waals surface area (Å²) in [5, 5.41) is 8.48. The summed E-state index contributed by atoms with van der Waals surface area (Å²) in [6, 6.07) is 8.88. The zero-order chi connectivity index (χ0) is 16.1.